The third-order valence-corrected chi connectivity index (χ3v) is 3.87. The zero-order valence-corrected chi connectivity index (χ0v) is 10.5. The fourth-order valence-electron chi connectivity index (χ4n) is 1.95. The van der Waals surface area contributed by atoms with E-state index in [1.807, 2.05) is 0 Å². The molecule has 7 heteroatoms. The Balaban J connectivity index is 2.33. The van der Waals surface area contributed by atoms with Gasteiger partial charge in [-0.25, -0.2) is 8.42 Å². The van der Waals surface area contributed by atoms with Crippen LogP contribution in [0.15, 0.2) is 0 Å². The van der Waals surface area contributed by atoms with Gasteiger partial charge in [-0.2, -0.15) is 0 Å². The van der Waals surface area contributed by atoms with E-state index >= 15 is 0 Å². The molecule has 0 aromatic rings. The number of amides is 1. The Morgan fingerprint density at radius 2 is 1.88 bits per heavy atom. The molecule has 6 nitrogen and oxygen atoms in total. The Hall–Kier alpha value is -1.11. The van der Waals surface area contributed by atoms with Gasteiger partial charge in [0.15, 0.2) is 0 Å². The first kappa shape index (κ1) is 14.0. The van der Waals surface area contributed by atoms with Crippen molar-refractivity contribution in [1.29, 1.82) is 0 Å². The van der Waals surface area contributed by atoms with E-state index < -0.39 is 21.7 Å². The molecule has 0 spiro atoms. The van der Waals surface area contributed by atoms with Crippen molar-refractivity contribution in [3.05, 3.63) is 0 Å². The van der Waals surface area contributed by atoms with Crippen molar-refractivity contribution in [1.82, 2.24) is 5.32 Å². The van der Waals surface area contributed by atoms with Crippen molar-refractivity contribution in [2.75, 3.05) is 18.6 Å². The second-order valence-corrected chi connectivity index (χ2v) is 6.73. The van der Waals surface area contributed by atoms with Crippen LogP contribution in [0.1, 0.15) is 19.3 Å². The van der Waals surface area contributed by atoms with Crippen LogP contribution >= 0.6 is 0 Å². The summed E-state index contributed by atoms with van der Waals surface area (Å²) < 4.78 is 21.7. The molecular formula is C10H17NO5S. The van der Waals surface area contributed by atoms with Gasteiger partial charge in [0.1, 0.15) is 9.84 Å². The fraction of sp³-hybridized carbons (Fsp3) is 0.800. The molecule has 0 heterocycles. The highest BCUT2D eigenvalue weighted by Gasteiger charge is 2.33. The summed E-state index contributed by atoms with van der Waals surface area (Å²) in [5.74, 6) is -1.93. The van der Waals surface area contributed by atoms with E-state index in [2.05, 4.69) is 5.32 Å². The Bertz CT molecular complexity index is 403. The maximum absolute atomic E-state index is 11.6. The normalized spacial score (nSPS) is 24.5. The number of carbonyl (C=O) groups is 2. The van der Waals surface area contributed by atoms with Gasteiger partial charge in [0.2, 0.25) is 5.91 Å². The lowest BCUT2D eigenvalue weighted by Gasteiger charge is -2.10. The topological polar surface area (TPSA) is 101 Å². The van der Waals surface area contributed by atoms with Gasteiger partial charge in [-0.15, -0.1) is 0 Å². The van der Waals surface area contributed by atoms with Crippen LogP contribution < -0.4 is 5.32 Å². The van der Waals surface area contributed by atoms with Crippen molar-refractivity contribution in [3.63, 3.8) is 0 Å². The van der Waals surface area contributed by atoms with Crippen LogP contribution in [0.5, 0.6) is 0 Å². The summed E-state index contributed by atoms with van der Waals surface area (Å²) in [5, 5.41) is 11.3. The zero-order chi connectivity index (χ0) is 13.1. The third kappa shape index (κ3) is 4.72. The molecule has 1 fully saturated rings. The summed E-state index contributed by atoms with van der Waals surface area (Å²) in [6, 6.07) is 0. The quantitative estimate of drug-likeness (QED) is 0.706. The van der Waals surface area contributed by atoms with E-state index in [4.69, 9.17) is 5.11 Å². The van der Waals surface area contributed by atoms with E-state index in [9.17, 15) is 18.0 Å². The van der Waals surface area contributed by atoms with E-state index in [0.29, 0.717) is 19.3 Å². The number of hydrogen-bond acceptors (Lipinski definition) is 4. The van der Waals surface area contributed by atoms with Crippen LogP contribution in [0.4, 0.5) is 0 Å². The van der Waals surface area contributed by atoms with Crippen molar-refractivity contribution < 1.29 is 23.1 Å². The van der Waals surface area contributed by atoms with E-state index in [0.717, 1.165) is 6.26 Å². The first-order valence-corrected chi connectivity index (χ1v) is 7.54. The number of aliphatic carboxylic acids is 1. The minimum absolute atomic E-state index is 0.0892. The molecule has 1 amide bonds. The Morgan fingerprint density at radius 1 is 1.29 bits per heavy atom. The van der Waals surface area contributed by atoms with Gasteiger partial charge in [0, 0.05) is 18.7 Å². The standard InChI is InChI=1S/C10H17NO5S/c1-17(15,16)5-4-11-9(12)7-2-3-8(6-7)10(13)14/h7-8H,2-6H2,1H3,(H,11,12)(H,13,14). The highest BCUT2D eigenvalue weighted by molar-refractivity contribution is 7.90. The number of carboxylic acid groups (broad SMARTS) is 1. The molecule has 2 unspecified atom stereocenters. The monoisotopic (exact) mass is 263 g/mol. The summed E-state index contributed by atoms with van der Waals surface area (Å²) in [5.41, 5.74) is 0. The van der Waals surface area contributed by atoms with Crippen LogP contribution in [0.3, 0.4) is 0 Å². The maximum Gasteiger partial charge on any atom is 0.306 e. The van der Waals surface area contributed by atoms with Crippen molar-refractivity contribution >= 4 is 21.7 Å². The van der Waals surface area contributed by atoms with E-state index in [1.165, 1.54) is 0 Å². The average Bonchev–Trinajstić information content (AvgIpc) is 2.63. The Morgan fingerprint density at radius 3 is 2.35 bits per heavy atom. The minimum Gasteiger partial charge on any atom is -0.481 e. The molecule has 2 atom stereocenters. The van der Waals surface area contributed by atoms with Gasteiger partial charge >= 0.3 is 5.97 Å². The lowest BCUT2D eigenvalue weighted by Crippen LogP contribution is -2.33. The smallest absolute Gasteiger partial charge is 0.306 e. The summed E-state index contributed by atoms with van der Waals surface area (Å²) in [4.78, 5) is 22.3. The van der Waals surface area contributed by atoms with Crippen molar-refractivity contribution in [3.8, 4) is 0 Å². The van der Waals surface area contributed by atoms with Gasteiger partial charge in [0.05, 0.1) is 11.7 Å². The van der Waals surface area contributed by atoms with Gasteiger partial charge in [-0.05, 0) is 19.3 Å². The second kappa shape index (κ2) is 5.48. The Kier molecular flexibility index (Phi) is 4.50. The predicted molar refractivity (Wildman–Crippen MR) is 61.2 cm³/mol. The molecule has 0 aliphatic heterocycles. The zero-order valence-electron chi connectivity index (χ0n) is 9.68. The van der Waals surface area contributed by atoms with Gasteiger partial charge in [0.25, 0.3) is 0 Å². The molecule has 1 aliphatic carbocycles. The molecule has 1 rings (SSSR count). The highest BCUT2D eigenvalue weighted by atomic mass is 32.2. The molecule has 0 saturated heterocycles. The lowest BCUT2D eigenvalue weighted by atomic mass is 10.0. The minimum atomic E-state index is -3.08. The lowest BCUT2D eigenvalue weighted by molar-refractivity contribution is -0.141. The number of sulfone groups is 1. The van der Waals surface area contributed by atoms with Gasteiger partial charge < -0.3 is 10.4 Å². The molecule has 0 aromatic heterocycles. The number of rotatable bonds is 5. The first-order chi connectivity index (χ1) is 7.79. The summed E-state index contributed by atoms with van der Waals surface area (Å²) >= 11 is 0. The highest BCUT2D eigenvalue weighted by Crippen LogP contribution is 2.30. The molecule has 1 saturated carbocycles. The molecular weight excluding hydrogens is 246 g/mol. The molecule has 0 bridgehead atoms. The number of carbonyl (C=O) groups excluding carboxylic acids is 1. The molecule has 0 radical (unpaired) electrons. The number of carboxylic acids is 1. The van der Waals surface area contributed by atoms with Crippen LogP contribution in [-0.4, -0.2) is 44.0 Å². The van der Waals surface area contributed by atoms with Gasteiger partial charge in [-0.3, -0.25) is 9.59 Å². The SMILES string of the molecule is CS(=O)(=O)CCNC(=O)C1CCC(C(=O)O)C1. The molecule has 1 aliphatic rings. The second-order valence-electron chi connectivity index (χ2n) is 4.47. The van der Waals surface area contributed by atoms with E-state index in [1.54, 1.807) is 0 Å². The molecule has 17 heavy (non-hydrogen) atoms. The first-order valence-electron chi connectivity index (χ1n) is 5.48. The van der Waals surface area contributed by atoms with Crippen LogP contribution in [0, 0.1) is 11.8 Å². The fourth-order valence-corrected chi connectivity index (χ4v) is 2.42. The summed E-state index contributed by atoms with van der Waals surface area (Å²) in [6.45, 7) is 0.0892. The average molecular weight is 263 g/mol. The summed E-state index contributed by atoms with van der Waals surface area (Å²) in [6.07, 6.45) is 2.52. The third-order valence-electron chi connectivity index (χ3n) is 2.92. The molecule has 98 valence electrons. The van der Waals surface area contributed by atoms with Crippen LogP contribution in [-0.2, 0) is 19.4 Å². The number of nitrogens with one attached hydrogen (secondary N) is 1. The number of hydrogen-bond donors (Lipinski definition) is 2. The molecule has 0 aromatic carbocycles. The predicted octanol–water partition coefficient (Wildman–Crippen LogP) is -0.352. The summed E-state index contributed by atoms with van der Waals surface area (Å²) in [7, 11) is -3.08. The van der Waals surface area contributed by atoms with Crippen LogP contribution in [0.25, 0.3) is 0 Å². The van der Waals surface area contributed by atoms with Crippen molar-refractivity contribution in [2.45, 2.75) is 19.3 Å². The maximum atomic E-state index is 11.6. The molecule has 2 N–H and O–H groups in total. The van der Waals surface area contributed by atoms with E-state index in [-0.39, 0.29) is 24.1 Å². The Labute approximate surface area is 100 Å². The van der Waals surface area contributed by atoms with Gasteiger partial charge in [-0.1, -0.05) is 0 Å². The largest absolute Gasteiger partial charge is 0.481 e. The van der Waals surface area contributed by atoms with Crippen molar-refractivity contribution in [2.24, 2.45) is 11.8 Å². The van der Waals surface area contributed by atoms with Crippen LogP contribution in [0.2, 0.25) is 0 Å².